The number of carboxylic acids is 1. The largest absolute Gasteiger partial charge is 0.481 e. The number of carboxylic acid groups (broad SMARTS) is 1. The zero-order valence-corrected chi connectivity index (χ0v) is 14.0. The third-order valence-corrected chi connectivity index (χ3v) is 3.23. The van der Waals surface area contributed by atoms with Crippen molar-refractivity contribution in [1.29, 1.82) is 0 Å². The molecule has 0 saturated heterocycles. The fourth-order valence-electron chi connectivity index (χ4n) is 1.99. The molecule has 0 atom stereocenters. The molecule has 0 fully saturated rings. The van der Waals surface area contributed by atoms with E-state index in [1.165, 1.54) is 0 Å². The van der Waals surface area contributed by atoms with Crippen LogP contribution in [0.15, 0.2) is 48.6 Å². The van der Waals surface area contributed by atoms with E-state index in [4.69, 9.17) is 5.11 Å². The lowest BCUT2D eigenvalue weighted by Crippen LogP contribution is -1.93. The summed E-state index contributed by atoms with van der Waals surface area (Å²) >= 11 is 0. The fourth-order valence-corrected chi connectivity index (χ4v) is 1.99. The molecule has 124 valence electrons. The number of unbranched alkanes of at least 4 members (excludes halogenated alkanes) is 4. The third-order valence-electron chi connectivity index (χ3n) is 3.23. The molecular formula is C20H32O2. The summed E-state index contributed by atoms with van der Waals surface area (Å²) in [6.07, 6.45) is 27.4. The maximum absolute atomic E-state index is 10.3. The molecule has 0 amide bonds. The van der Waals surface area contributed by atoms with E-state index in [0.29, 0.717) is 6.42 Å². The normalized spacial score (nSPS) is 12.4. The van der Waals surface area contributed by atoms with Crippen LogP contribution in [0.1, 0.15) is 71.1 Å². The van der Waals surface area contributed by atoms with Crippen molar-refractivity contribution in [2.75, 3.05) is 0 Å². The Balaban J connectivity index is 3.34. The second kappa shape index (κ2) is 17.5. The molecular weight excluding hydrogens is 272 g/mol. The van der Waals surface area contributed by atoms with Gasteiger partial charge in [0.25, 0.3) is 0 Å². The minimum absolute atomic E-state index is 0.309. The van der Waals surface area contributed by atoms with Crippen LogP contribution >= 0.6 is 0 Å². The Morgan fingerprint density at radius 1 is 0.727 bits per heavy atom. The topological polar surface area (TPSA) is 37.3 Å². The lowest BCUT2D eigenvalue weighted by atomic mass is 10.1. The Kier molecular flexibility index (Phi) is 16.2. The van der Waals surface area contributed by atoms with Crippen LogP contribution in [0.25, 0.3) is 0 Å². The van der Waals surface area contributed by atoms with Crippen molar-refractivity contribution in [3.05, 3.63) is 48.6 Å². The molecule has 0 heterocycles. The van der Waals surface area contributed by atoms with Gasteiger partial charge in [0.05, 0.1) is 0 Å². The number of aliphatic carboxylic acids is 1. The van der Waals surface area contributed by atoms with Gasteiger partial charge in [0.1, 0.15) is 0 Å². The summed E-state index contributed by atoms with van der Waals surface area (Å²) < 4.78 is 0. The van der Waals surface area contributed by atoms with Gasteiger partial charge in [0.2, 0.25) is 0 Å². The summed E-state index contributed by atoms with van der Waals surface area (Å²) in [5.74, 6) is -0.682. The van der Waals surface area contributed by atoms with Crippen LogP contribution in [0.4, 0.5) is 0 Å². The van der Waals surface area contributed by atoms with Crippen LogP contribution in [-0.4, -0.2) is 11.1 Å². The van der Waals surface area contributed by atoms with E-state index in [1.54, 1.807) is 0 Å². The van der Waals surface area contributed by atoms with Crippen LogP contribution in [-0.2, 0) is 4.79 Å². The van der Waals surface area contributed by atoms with Crippen molar-refractivity contribution in [2.45, 2.75) is 71.1 Å². The molecule has 0 aliphatic heterocycles. The van der Waals surface area contributed by atoms with Gasteiger partial charge in [-0.3, -0.25) is 4.79 Å². The van der Waals surface area contributed by atoms with Gasteiger partial charge in [-0.1, -0.05) is 68.4 Å². The number of hydrogen-bond donors (Lipinski definition) is 1. The number of hydrogen-bond acceptors (Lipinski definition) is 1. The van der Waals surface area contributed by atoms with Gasteiger partial charge < -0.3 is 5.11 Å². The molecule has 0 bridgehead atoms. The van der Waals surface area contributed by atoms with Gasteiger partial charge in [0, 0.05) is 6.42 Å². The molecule has 0 rings (SSSR count). The zero-order valence-electron chi connectivity index (χ0n) is 14.0. The molecule has 0 aliphatic carbocycles. The Labute approximate surface area is 136 Å². The molecule has 0 radical (unpaired) electrons. The van der Waals surface area contributed by atoms with Crippen LogP contribution < -0.4 is 0 Å². The second-order valence-electron chi connectivity index (χ2n) is 5.35. The van der Waals surface area contributed by atoms with E-state index in [9.17, 15) is 4.79 Å². The highest BCUT2D eigenvalue weighted by atomic mass is 16.4. The summed E-state index contributed by atoms with van der Waals surface area (Å²) in [4.78, 5) is 10.3. The molecule has 2 heteroatoms. The van der Waals surface area contributed by atoms with Gasteiger partial charge in [-0.25, -0.2) is 0 Å². The first-order chi connectivity index (χ1) is 10.8. The van der Waals surface area contributed by atoms with Crippen LogP contribution in [0.3, 0.4) is 0 Å². The second-order valence-corrected chi connectivity index (χ2v) is 5.35. The van der Waals surface area contributed by atoms with Crippen LogP contribution in [0.5, 0.6) is 0 Å². The fraction of sp³-hybridized carbons (Fsp3) is 0.550. The molecule has 0 aromatic carbocycles. The molecule has 0 unspecified atom stereocenters. The molecule has 1 N–H and O–H groups in total. The van der Waals surface area contributed by atoms with Gasteiger partial charge in [-0.15, -0.1) is 0 Å². The maximum atomic E-state index is 10.3. The first-order valence-corrected chi connectivity index (χ1v) is 8.59. The van der Waals surface area contributed by atoms with E-state index in [2.05, 4.69) is 55.5 Å². The molecule has 0 aliphatic rings. The lowest BCUT2D eigenvalue weighted by Gasteiger charge is -1.96. The van der Waals surface area contributed by atoms with Crippen molar-refractivity contribution >= 4 is 5.97 Å². The summed E-state index contributed by atoms with van der Waals surface area (Å²) in [5.41, 5.74) is 0. The van der Waals surface area contributed by atoms with E-state index < -0.39 is 5.97 Å². The van der Waals surface area contributed by atoms with Crippen molar-refractivity contribution in [3.63, 3.8) is 0 Å². The Bertz CT molecular complexity index is 362. The number of carbonyl (C=O) groups is 1. The molecule has 0 aromatic heterocycles. The van der Waals surface area contributed by atoms with Gasteiger partial charge in [-0.2, -0.15) is 0 Å². The summed E-state index contributed by atoms with van der Waals surface area (Å²) in [5, 5.41) is 8.51. The van der Waals surface area contributed by atoms with Gasteiger partial charge in [0.15, 0.2) is 0 Å². The molecule has 2 nitrogen and oxygen atoms in total. The third kappa shape index (κ3) is 18.4. The van der Waals surface area contributed by atoms with Crippen molar-refractivity contribution in [2.24, 2.45) is 0 Å². The zero-order chi connectivity index (χ0) is 16.3. The predicted molar refractivity (Wildman–Crippen MR) is 96.0 cm³/mol. The average molecular weight is 304 g/mol. The highest BCUT2D eigenvalue weighted by Gasteiger charge is 1.95. The first kappa shape index (κ1) is 20.4. The Hall–Kier alpha value is -1.57. The smallest absolute Gasteiger partial charge is 0.303 e. The van der Waals surface area contributed by atoms with E-state index >= 15 is 0 Å². The quantitative estimate of drug-likeness (QED) is 0.305. The number of rotatable bonds is 14. The number of allylic oxidation sites excluding steroid dienone is 8. The highest BCUT2D eigenvalue weighted by molar-refractivity contribution is 5.66. The SMILES string of the molecule is CC/C=C/C/C=C/C/C=C\C/C=C\CCCCCCC(=O)O. The molecule has 22 heavy (non-hydrogen) atoms. The predicted octanol–water partition coefficient (Wildman–Crippen LogP) is 6.22. The maximum Gasteiger partial charge on any atom is 0.303 e. The van der Waals surface area contributed by atoms with Gasteiger partial charge in [-0.05, 0) is 44.9 Å². The van der Waals surface area contributed by atoms with Gasteiger partial charge >= 0.3 is 5.97 Å². The summed E-state index contributed by atoms with van der Waals surface area (Å²) in [6, 6.07) is 0. The van der Waals surface area contributed by atoms with E-state index in [0.717, 1.165) is 57.8 Å². The summed E-state index contributed by atoms with van der Waals surface area (Å²) in [7, 11) is 0. The molecule has 0 saturated carbocycles. The minimum atomic E-state index is -0.682. The van der Waals surface area contributed by atoms with E-state index in [1.807, 2.05) is 0 Å². The Morgan fingerprint density at radius 2 is 1.23 bits per heavy atom. The Morgan fingerprint density at radius 3 is 1.77 bits per heavy atom. The van der Waals surface area contributed by atoms with Crippen LogP contribution in [0, 0.1) is 0 Å². The van der Waals surface area contributed by atoms with Crippen molar-refractivity contribution in [1.82, 2.24) is 0 Å². The van der Waals surface area contributed by atoms with E-state index in [-0.39, 0.29) is 0 Å². The monoisotopic (exact) mass is 304 g/mol. The van der Waals surface area contributed by atoms with Crippen molar-refractivity contribution in [3.8, 4) is 0 Å². The van der Waals surface area contributed by atoms with Crippen molar-refractivity contribution < 1.29 is 9.90 Å². The first-order valence-electron chi connectivity index (χ1n) is 8.59. The molecule has 0 aromatic rings. The highest BCUT2D eigenvalue weighted by Crippen LogP contribution is 2.06. The van der Waals surface area contributed by atoms with Crippen LogP contribution in [0.2, 0.25) is 0 Å². The lowest BCUT2D eigenvalue weighted by molar-refractivity contribution is -0.137. The summed E-state index contributed by atoms with van der Waals surface area (Å²) in [6.45, 7) is 2.15. The minimum Gasteiger partial charge on any atom is -0.481 e. The average Bonchev–Trinajstić information content (AvgIpc) is 2.50. The molecule has 0 spiro atoms. The standard InChI is InChI=1S/C20H32O2/c1-2-3-4-5-6-7-8-9-10-11-12-13-14-15-16-17-18-19-20(21)22/h3-4,6-7,9-10,12-13H,2,5,8,11,14-19H2,1H3,(H,21,22)/b4-3+,7-6+,10-9-,13-12-.